The van der Waals surface area contributed by atoms with Crippen molar-refractivity contribution in [1.29, 1.82) is 0 Å². The van der Waals surface area contributed by atoms with Gasteiger partial charge in [0.2, 0.25) is 0 Å². The van der Waals surface area contributed by atoms with Crippen LogP contribution in [0.15, 0.2) is 0 Å². The van der Waals surface area contributed by atoms with E-state index in [9.17, 15) is 15.3 Å². The average molecular weight is 193 g/mol. The predicted octanol–water partition coefficient (Wildman–Crippen LogP) is -3.21. The molecule has 0 unspecified atom stereocenters. The highest BCUT2D eigenvalue weighted by Gasteiger charge is 2.42. The van der Waals surface area contributed by atoms with Gasteiger partial charge >= 0.3 is 0 Å². The first-order chi connectivity index (χ1) is 6.11. The molecule has 1 saturated heterocycles. The third kappa shape index (κ3) is 1.98. The maximum absolute atomic E-state index is 9.32. The second-order valence-corrected chi connectivity index (χ2v) is 3.10. The van der Waals surface area contributed by atoms with Crippen LogP contribution in [0, 0.1) is 0 Å². The van der Waals surface area contributed by atoms with E-state index in [1.165, 1.54) is 0 Å². The fraction of sp³-hybridized carbons (Fsp3) is 1.00. The zero-order valence-corrected chi connectivity index (χ0v) is 7.08. The summed E-state index contributed by atoms with van der Waals surface area (Å²) >= 11 is 0. The summed E-state index contributed by atoms with van der Waals surface area (Å²) in [6, 6.07) is 0. The zero-order valence-electron chi connectivity index (χ0n) is 7.08. The normalized spacial score (nSPS) is 46.4. The Morgan fingerprint density at radius 3 is 2.00 bits per heavy atom. The van der Waals surface area contributed by atoms with Gasteiger partial charge in [0.25, 0.3) is 0 Å². The van der Waals surface area contributed by atoms with E-state index in [0.29, 0.717) is 0 Å². The first-order valence-corrected chi connectivity index (χ1v) is 4.12. The molecule has 0 radical (unpaired) electrons. The number of aliphatic hydroxyl groups excluding tert-OH is 4. The lowest BCUT2D eigenvalue weighted by molar-refractivity contribution is -0.226. The van der Waals surface area contributed by atoms with Crippen LogP contribution in [-0.4, -0.2) is 64.1 Å². The van der Waals surface area contributed by atoms with E-state index in [0.717, 1.165) is 0 Å². The van der Waals surface area contributed by atoms with Gasteiger partial charge in [0.15, 0.2) is 0 Å². The molecule has 1 heterocycles. The Bertz CT molecular complexity index is 147. The summed E-state index contributed by atoms with van der Waals surface area (Å²) in [6.45, 7) is -0.386. The first-order valence-electron chi connectivity index (χ1n) is 4.12. The Kier molecular flexibility index (Phi) is 3.60. The number of aliphatic hydroxyl groups is 4. The number of rotatable bonds is 2. The largest absolute Gasteiger partial charge is 0.394 e. The molecule has 1 aliphatic heterocycles. The van der Waals surface area contributed by atoms with Gasteiger partial charge in [-0.2, -0.15) is 0 Å². The Labute approximate surface area is 75.6 Å². The van der Waals surface area contributed by atoms with E-state index in [-0.39, 0.29) is 6.54 Å². The van der Waals surface area contributed by atoms with E-state index >= 15 is 0 Å². The molecular weight excluding hydrogens is 178 g/mol. The predicted molar refractivity (Wildman–Crippen MR) is 42.8 cm³/mol. The molecule has 6 heteroatoms. The second kappa shape index (κ2) is 4.32. The van der Waals surface area contributed by atoms with Crippen LogP contribution in [-0.2, 0) is 4.74 Å². The minimum absolute atomic E-state index is 0.0292. The van der Waals surface area contributed by atoms with Crippen LogP contribution in [0.2, 0.25) is 0 Å². The highest BCUT2D eigenvalue weighted by Crippen LogP contribution is 2.20. The van der Waals surface area contributed by atoms with Gasteiger partial charge in [-0.25, -0.2) is 0 Å². The number of hydrogen-bond acceptors (Lipinski definition) is 6. The Hall–Kier alpha value is -0.240. The van der Waals surface area contributed by atoms with Crippen LogP contribution in [0.3, 0.4) is 0 Å². The molecule has 0 aliphatic carbocycles. The molecule has 0 aromatic heterocycles. The molecule has 78 valence electrons. The first kappa shape index (κ1) is 10.8. The van der Waals surface area contributed by atoms with Crippen molar-refractivity contribution in [3.05, 3.63) is 0 Å². The van der Waals surface area contributed by atoms with E-state index in [1.54, 1.807) is 0 Å². The van der Waals surface area contributed by atoms with Crippen molar-refractivity contribution in [3.8, 4) is 0 Å². The van der Waals surface area contributed by atoms with Gasteiger partial charge in [0.1, 0.15) is 24.4 Å². The molecule has 1 aliphatic rings. The number of ether oxygens (including phenoxy) is 1. The summed E-state index contributed by atoms with van der Waals surface area (Å²) in [5.41, 5.74) is 5.26. The van der Waals surface area contributed by atoms with Gasteiger partial charge in [-0.15, -0.1) is 0 Å². The number of nitrogens with two attached hydrogens (primary N) is 1. The summed E-state index contributed by atoms with van der Waals surface area (Å²) in [5.74, 6) is 0. The van der Waals surface area contributed by atoms with Crippen molar-refractivity contribution in [1.82, 2.24) is 0 Å². The van der Waals surface area contributed by atoms with E-state index in [2.05, 4.69) is 0 Å². The van der Waals surface area contributed by atoms with Crippen molar-refractivity contribution < 1.29 is 25.2 Å². The standard InChI is InChI=1S/C7H15NO5/c8-1-3-5(10)7(12)6(11)4(2-9)13-3/h3-7,9-12H,1-2,8H2/t3-,4+,5-,6+,7+/m0/s1. The minimum Gasteiger partial charge on any atom is -0.394 e. The van der Waals surface area contributed by atoms with Crippen molar-refractivity contribution in [3.63, 3.8) is 0 Å². The van der Waals surface area contributed by atoms with Crippen molar-refractivity contribution in [2.45, 2.75) is 30.5 Å². The molecule has 0 aromatic rings. The lowest BCUT2D eigenvalue weighted by Gasteiger charge is -2.39. The fourth-order valence-electron chi connectivity index (χ4n) is 1.37. The highest BCUT2D eigenvalue weighted by atomic mass is 16.5. The topological polar surface area (TPSA) is 116 Å². The molecule has 1 rings (SSSR count). The van der Waals surface area contributed by atoms with Crippen molar-refractivity contribution >= 4 is 0 Å². The van der Waals surface area contributed by atoms with Crippen LogP contribution in [0.1, 0.15) is 0 Å². The Morgan fingerprint density at radius 1 is 1.00 bits per heavy atom. The van der Waals surface area contributed by atoms with E-state index < -0.39 is 37.1 Å². The summed E-state index contributed by atoms with van der Waals surface area (Å²) in [5, 5.41) is 36.7. The third-order valence-corrected chi connectivity index (χ3v) is 2.22. The molecule has 6 nitrogen and oxygen atoms in total. The third-order valence-electron chi connectivity index (χ3n) is 2.22. The maximum atomic E-state index is 9.32. The molecule has 6 N–H and O–H groups in total. The molecular formula is C7H15NO5. The van der Waals surface area contributed by atoms with Crippen LogP contribution < -0.4 is 5.73 Å². The van der Waals surface area contributed by atoms with Gasteiger partial charge in [-0.3, -0.25) is 0 Å². The van der Waals surface area contributed by atoms with Crippen LogP contribution >= 0.6 is 0 Å². The van der Waals surface area contributed by atoms with Crippen LogP contribution in [0.25, 0.3) is 0 Å². The molecule has 0 aromatic carbocycles. The molecule has 0 amide bonds. The quantitative estimate of drug-likeness (QED) is 0.315. The minimum atomic E-state index is -1.32. The molecule has 13 heavy (non-hydrogen) atoms. The zero-order chi connectivity index (χ0) is 10.0. The summed E-state index contributed by atoms with van der Waals surface area (Å²) < 4.78 is 5.04. The van der Waals surface area contributed by atoms with Crippen molar-refractivity contribution in [2.24, 2.45) is 5.73 Å². The monoisotopic (exact) mass is 193 g/mol. The highest BCUT2D eigenvalue weighted by molar-refractivity contribution is 4.92. The SMILES string of the molecule is NC[C@@H]1O[C@H](CO)[C@@H](O)[C@H](O)[C@H]1O. The summed E-state index contributed by atoms with van der Waals surface area (Å²) in [6.07, 6.45) is -5.42. The average Bonchev–Trinajstić information content (AvgIpc) is 2.15. The van der Waals surface area contributed by atoms with Crippen LogP contribution in [0.5, 0.6) is 0 Å². The Morgan fingerprint density at radius 2 is 1.54 bits per heavy atom. The van der Waals surface area contributed by atoms with Crippen LogP contribution in [0.4, 0.5) is 0 Å². The van der Waals surface area contributed by atoms with E-state index in [1.807, 2.05) is 0 Å². The van der Waals surface area contributed by atoms with Gasteiger partial charge in [-0.05, 0) is 0 Å². The van der Waals surface area contributed by atoms with Gasteiger partial charge in [0.05, 0.1) is 12.7 Å². The molecule has 1 fully saturated rings. The fourth-order valence-corrected chi connectivity index (χ4v) is 1.37. The van der Waals surface area contributed by atoms with Gasteiger partial charge in [-0.1, -0.05) is 0 Å². The van der Waals surface area contributed by atoms with Gasteiger partial charge in [0, 0.05) is 6.54 Å². The second-order valence-electron chi connectivity index (χ2n) is 3.10. The van der Waals surface area contributed by atoms with E-state index in [4.69, 9.17) is 15.6 Å². The maximum Gasteiger partial charge on any atom is 0.111 e. The smallest absolute Gasteiger partial charge is 0.111 e. The molecule has 0 saturated carbocycles. The lowest BCUT2D eigenvalue weighted by Crippen LogP contribution is -2.60. The number of hydrogen-bond donors (Lipinski definition) is 5. The lowest BCUT2D eigenvalue weighted by atomic mass is 9.95. The molecule has 5 atom stereocenters. The Balaban J connectivity index is 2.66. The molecule has 0 spiro atoms. The molecule has 0 bridgehead atoms. The van der Waals surface area contributed by atoms with Crippen molar-refractivity contribution in [2.75, 3.05) is 13.2 Å². The summed E-state index contributed by atoms with van der Waals surface area (Å²) in [7, 11) is 0. The van der Waals surface area contributed by atoms with Gasteiger partial charge < -0.3 is 30.9 Å². The summed E-state index contributed by atoms with van der Waals surface area (Å²) in [4.78, 5) is 0.